The monoisotopic (exact) mass is 345 g/mol. The summed E-state index contributed by atoms with van der Waals surface area (Å²) in [6.07, 6.45) is 0. The maximum atomic E-state index is 13.6. The minimum atomic E-state index is -0.290. The van der Waals surface area contributed by atoms with E-state index in [9.17, 15) is 4.39 Å². The molecule has 0 spiro atoms. The van der Waals surface area contributed by atoms with Gasteiger partial charge in [-0.1, -0.05) is 40.2 Å². The maximum absolute atomic E-state index is 13.6. The highest BCUT2D eigenvalue weighted by Crippen LogP contribution is 2.39. The van der Waals surface area contributed by atoms with Gasteiger partial charge >= 0.3 is 0 Å². The highest BCUT2D eigenvalue weighted by molar-refractivity contribution is 9.10. The summed E-state index contributed by atoms with van der Waals surface area (Å²) >= 11 is 3.52. The molecule has 106 valence electrons. The van der Waals surface area contributed by atoms with Crippen LogP contribution >= 0.6 is 15.9 Å². The molecule has 0 aliphatic rings. The predicted octanol–water partition coefficient (Wildman–Crippen LogP) is 4.54. The third-order valence-corrected chi connectivity index (χ3v) is 4.10. The maximum Gasteiger partial charge on any atom is 0.153 e. The van der Waals surface area contributed by atoms with Gasteiger partial charge in [-0.15, -0.1) is 0 Å². The van der Waals surface area contributed by atoms with Crippen LogP contribution in [0.15, 0.2) is 46.9 Å². The summed E-state index contributed by atoms with van der Waals surface area (Å²) in [5.74, 6) is 0.0995. The summed E-state index contributed by atoms with van der Waals surface area (Å²) in [4.78, 5) is 0. The summed E-state index contributed by atoms with van der Waals surface area (Å²) in [5, 5.41) is 7.01. The van der Waals surface area contributed by atoms with Crippen LogP contribution in [-0.4, -0.2) is 10.2 Å². The summed E-state index contributed by atoms with van der Waals surface area (Å²) in [6.45, 7) is 1.93. The molecule has 0 aliphatic carbocycles. The largest absolute Gasteiger partial charge is 0.382 e. The van der Waals surface area contributed by atoms with Gasteiger partial charge in [-0.05, 0) is 30.7 Å². The molecule has 0 amide bonds. The number of nitrogens with one attached hydrogen (secondary N) is 1. The average molecular weight is 346 g/mol. The number of aryl methyl sites for hydroxylation is 1. The number of benzene rings is 2. The van der Waals surface area contributed by atoms with Crippen LogP contribution in [0.1, 0.15) is 5.56 Å². The van der Waals surface area contributed by atoms with Crippen molar-refractivity contribution in [3.05, 3.63) is 58.3 Å². The van der Waals surface area contributed by atoms with Crippen molar-refractivity contribution in [2.45, 2.75) is 6.92 Å². The molecule has 0 saturated heterocycles. The van der Waals surface area contributed by atoms with E-state index < -0.39 is 0 Å². The number of H-pyrrole nitrogens is 1. The molecular weight excluding hydrogens is 333 g/mol. The number of aromatic amines is 1. The fourth-order valence-electron chi connectivity index (χ4n) is 2.35. The topological polar surface area (TPSA) is 54.7 Å². The van der Waals surface area contributed by atoms with Gasteiger partial charge in [-0.25, -0.2) is 4.39 Å². The lowest BCUT2D eigenvalue weighted by molar-refractivity contribution is 0.628. The van der Waals surface area contributed by atoms with Gasteiger partial charge in [0.25, 0.3) is 0 Å². The van der Waals surface area contributed by atoms with E-state index in [0.717, 1.165) is 32.4 Å². The molecule has 0 saturated carbocycles. The predicted molar refractivity (Wildman–Crippen MR) is 86.3 cm³/mol. The van der Waals surface area contributed by atoms with Crippen molar-refractivity contribution >= 4 is 21.7 Å². The number of aromatic nitrogens is 2. The molecule has 3 nitrogen and oxygen atoms in total. The Morgan fingerprint density at radius 1 is 1.14 bits per heavy atom. The van der Waals surface area contributed by atoms with E-state index in [2.05, 4.69) is 26.1 Å². The molecule has 3 rings (SSSR count). The number of nitrogens with zero attached hydrogens (tertiary/aromatic N) is 1. The fraction of sp³-hybridized carbons (Fsp3) is 0.0625. The number of nitrogen functional groups attached to an aromatic ring is 1. The van der Waals surface area contributed by atoms with E-state index in [1.54, 1.807) is 6.07 Å². The molecule has 3 N–H and O–H groups in total. The molecular formula is C16H13BrFN3. The molecule has 3 aromatic rings. The zero-order valence-electron chi connectivity index (χ0n) is 11.3. The Morgan fingerprint density at radius 2 is 1.90 bits per heavy atom. The smallest absolute Gasteiger partial charge is 0.153 e. The normalized spacial score (nSPS) is 10.8. The second-order valence-corrected chi connectivity index (χ2v) is 5.65. The molecule has 1 aromatic heterocycles. The number of rotatable bonds is 2. The van der Waals surface area contributed by atoms with E-state index in [4.69, 9.17) is 5.73 Å². The summed E-state index contributed by atoms with van der Waals surface area (Å²) in [7, 11) is 0. The third kappa shape index (κ3) is 2.45. The SMILES string of the molecule is Cc1ccc(F)cc1-c1[nH]nc(N)c1-c1ccccc1Br. The van der Waals surface area contributed by atoms with Gasteiger partial charge in [0, 0.05) is 15.6 Å². The number of hydrogen-bond acceptors (Lipinski definition) is 2. The fourth-order valence-corrected chi connectivity index (χ4v) is 2.83. The van der Waals surface area contributed by atoms with Crippen molar-refractivity contribution in [2.75, 3.05) is 5.73 Å². The molecule has 1 heterocycles. The lowest BCUT2D eigenvalue weighted by Crippen LogP contribution is -1.91. The van der Waals surface area contributed by atoms with Crippen LogP contribution < -0.4 is 5.73 Å². The number of hydrogen-bond donors (Lipinski definition) is 2. The molecule has 5 heteroatoms. The summed E-state index contributed by atoms with van der Waals surface area (Å²) in [6, 6.07) is 12.4. The quantitative estimate of drug-likeness (QED) is 0.716. The molecule has 0 unspecified atom stereocenters. The zero-order chi connectivity index (χ0) is 15.0. The zero-order valence-corrected chi connectivity index (χ0v) is 12.9. The Labute approximate surface area is 130 Å². The second-order valence-electron chi connectivity index (χ2n) is 4.80. The first-order valence-corrected chi connectivity index (χ1v) is 7.22. The van der Waals surface area contributed by atoms with Crippen molar-refractivity contribution in [3.63, 3.8) is 0 Å². The molecule has 2 aromatic carbocycles. The van der Waals surface area contributed by atoms with Gasteiger partial charge in [0.2, 0.25) is 0 Å². The van der Waals surface area contributed by atoms with Crippen LogP contribution in [0.2, 0.25) is 0 Å². The van der Waals surface area contributed by atoms with E-state index in [1.165, 1.54) is 12.1 Å². The molecule has 0 radical (unpaired) electrons. The van der Waals surface area contributed by atoms with Gasteiger partial charge in [-0.2, -0.15) is 5.10 Å². The Balaban J connectivity index is 2.27. The van der Waals surface area contributed by atoms with E-state index >= 15 is 0 Å². The third-order valence-electron chi connectivity index (χ3n) is 3.41. The van der Waals surface area contributed by atoms with Crippen LogP contribution in [0.25, 0.3) is 22.4 Å². The van der Waals surface area contributed by atoms with E-state index in [0.29, 0.717) is 5.82 Å². The Morgan fingerprint density at radius 3 is 2.67 bits per heavy atom. The molecule has 0 atom stereocenters. The Bertz CT molecular complexity index is 811. The first-order chi connectivity index (χ1) is 10.1. The lowest BCUT2D eigenvalue weighted by Gasteiger charge is -2.09. The highest BCUT2D eigenvalue weighted by atomic mass is 79.9. The molecule has 0 aliphatic heterocycles. The van der Waals surface area contributed by atoms with Gasteiger partial charge in [0.15, 0.2) is 5.82 Å². The van der Waals surface area contributed by atoms with Gasteiger partial charge in [-0.3, -0.25) is 5.10 Å². The molecule has 0 bridgehead atoms. The van der Waals surface area contributed by atoms with Crippen LogP contribution in [-0.2, 0) is 0 Å². The van der Waals surface area contributed by atoms with Crippen molar-refractivity contribution in [2.24, 2.45) is 0 Å². The van der Waals surface area contributed by atoms with Crippen molar-refractivity contribution in [3.8, 4) is 22.4 Å². The minimum Gasteiger partial charge on any atom is -0.382 e. The van der Waals surface area contributed by atoms with Crippen molar-refractivity contribution < 1.29 is 4.39 Å². The number of anilines is 1. The van der Waals surface area contributed by atoms with Gasteiger partial charge in [0.05, 0.1) is 11.3 Å². The summed E-state index contributed by atoms with van der Waals surface area (Å²) in [5.41, 5.74) is 10.1. The van der Waals surface area contributed by atoms with Crippen LogP contribution in [0.3, 0.4) is 0 Å². The lowest BCUT2D eigenvalue weighted by atomic mass is 9.98. The van der Waals surface area contributed by atoms with Crippen LogP contribution in [0, 0.1) is 12.7 Å². The van der Waals surface area contributed by atoms with Gasteiger partial charge < -0.3 is 5.73 Å². The van der Waals surface area contributed by atoms with Crippen LogP contribution in [0.5, 0.6) is 0 Å². The second kappa shape index (κ2) is 5.33. The molecule has 0 fully saturated rings. The number of halogens is 2. The summed E-state index contributed by atoms with van der Waals surface area (Å²) < 4.78 is 14.5. The standard InChI is InChI=1S/C16H13BrFN3/c1-9-6-7-10(18)8-12(9)15-14(16(19)21-20-15)11-4-2-3-5-13(11)17/h2-8H,1H3,(H3,19,20,21). The van der Waals surface area contributed by atoms with Gasteiger partial charge in [0.1, 0.15) is 5.82 Å². The van der Waals surface area contributed by atoms with E-state index in [1.807, 2.05) is 31.2 Å². The van der Waals surface area contributed by atoms with Crippen molar-refractivity contribution in [1.29, 1.82) is 0 Å². The van der Waals surface area contributed by atoms with Crippen LogP contribution in [0.4, 0.5) is 10.2 Å². The number of nitrogens with two attached hydrogens (primary N) is 1. The van der Waals surface area contributed by atoms with E-state index in [-0.39, 0.29) is 5.82 Å². The molecule has 21 heavy (non-hydrogen) atoms. The first-order valence-electron chi connectivity index (χ1n) is 6.43. The first kappa shape index (κ1) is 13.8. The highest BCUT2D eigenvalue weighted by Gasteiger charge is 2.18. The Hall–Kier alpha value is -2.14. The Kier molecular flexibility index (Phi) is 3.51. The minimum absolute atomic E-state index is 0.290. The average Bonchev–Trinajstić information content (AvgIpc) is 2.84. The van der Waals surface area contributed by atoms with Crippen molar-refractivity contribution in [1.82, 2.24) is 10.2 Å².